The number of carbonyl (C=O) groups is 2. The first kappa shape index (κ1) is 18.9. The minimum atomic E-state index is -0.779. The number of β-amino-alcohol motifs (C(OH)–C–C–N with tert-alkyl or cyclic N) is 1. The fraction of sp³-hybridized carbons (Fsp3) is 0.500. The van der Waals surface area contributed by atoms with Crippen LogP contribution in [0.15, 0.2) is 24.3 Å². The molecule has 0 aromatic heterocycles. The zero-order valence-electron chi connectivity index (χ0n) is 13.9. The van der Waals surface area contributed by atoms with Crippen molar-refractivity contribution in [2.75, 3.05) is 25.6 Å². The van der Waals surface area contributed by atoms with Crippen LogP contribution in [-0.2, 0) is 9.47 Å². The Morgan fingerprint density at radius 1 is 1.22 bits per heavy atom. The number of rotatable bonds is 6. The Balaban J connectivity index is 2.44. The van der Waals surface area contributed by atoms with E-state index in [4.69, 9.17) is 4.74 Å². The van der Waals surface area contributed by atoms with E-state index < -0.39 is 18.2 Å². The lowest BCUT2D eigenvalue weighted by Crippen LogP contribution is -2.42. The first-order chi connectivity index (χ1) is 10.7. The lowest BCUT2D eigenvalue weighted by molar-refractivity contribution is 0.0247. The average Bonchev–Trinajstić information content (AvgIpc) is 2.50. The molecule has 0 saturated carbocycles. The van der Waals surface area contributed by atoms with E-state index in [9.17, 15) is 14.7 Å². The third-order valence-corrected chi connectivity index (χ3v) is 2.83. The molecule has 23 heavy (non-hydrogen) atoms. The number of aliphatic hydroxyl groups is 1. The number of anilines is 1. The van der Waals surface area contributed by atoms with Crippen LogP contribution in [0.25, 0.3) is 0 Å². The van der Waals surface area contributed by atoms with Gasteiger partial charge in [0.05, 0.1) is 12.7 Å². The van der Waals surface area contributed by atoms with Crippen molar-refractivity contribution < 1.29 is 24.2 Å². The van der Waals surface area contributed by atoms with Gasteiger partial charge in [-0.15, -0.1) is 0 Å². The predicted molar refractivity (Wildman–Crippen MR) is 86.5 cm³/mol. The molecule has 128 valence electrons. The van der Waals surface area contributed by atoms with Crippen LogP contribution >= 0.6 is 0 Å². The third kappa shape index (κ3) is 7.62. The molecule has 0 spiro atoms. The number of esters is 1. The van der Waals surface area contributed by atoms with Gasteiger partial charge in [0.2, 0.25) is 0 Å². The molecule has 0 radical (unpaired) electrons. The summed E-state index contributed by atoms with van der Waals surface area (Å²) < 4.78 is 9.52. The average molecular weight is 324 g/mol. The van der Waals surface area contributed by atoms with Gasteiger partial charge in [-0.25, -0.2) is 9.59 Å². The van der Waals surface area contributed by atoms with Gasteiger partial charge in [0.15, 0.2) is 0 Å². The van der Waals surface area contributed by atoms with E-state index in [1.807, 2.05) is 20.8 Å². The number of hydrogen-bond acceptors (Lipinski definition) is 6. The molecule has 7 heteroatoms. The molecule has 0 aliphatic carbocycles. The SMILES string of the molecule is COC(=O)Nc1ccc(C(=O)OCC(O)CNC(C)(C)C)cc1. The molecule has 1 atom stereocenters. The number of benzene rings is 1. The van der Waals surface area contributed by atoms with E-state index in [-0.39, 0.29) is 12.1 Å². The van der Waals surface area contributed by atoms with Crippen LogP contribution in [0.1, 0.15) is 31.1 Å². The van der Waals surface area contributed by atoms with E-state index >= 15 is 0 Å². The van der Waals surface area contributed by atoms with Crippen molar-refractivity contribution in [3.05, 3.63) is 29.8 Å². The standard InChI is InChI=1S/C16H24N2O5/c1-16(2,3)17-9-13(19)10-23-14(20)11-5-7-12(8-6-11)18-15(21)22-4/h5-8,13,17,19H,9-10H2,1-4H3,(H,18,21). The van der Waals surface area contributed by atoms with Crippen molar-refractivity contribution in [3.8, 4) is 0 Å². The first-order valence-corrected chi connectivity index (χ1v) is 7.26. The van der Waals surface area contributed by atoms with E-state index in [0.29, 0.717) is 17.8 Å². The number of methoxy groups -OCH3 is 1. The number of carbonyl (C=O) groups excluding carboxylic acids is 2. The van der Waals surface area contributed by atoms with Gasteiger partial charge in [-0.1, -0.05) is 0 Å². The zero-order valence-corrected chi connectivity index (χ0v) is 13.9. The minimum absolute atomic E-state index is 0.0932. The third-order valence-electron chi connectivity index (χ3n) is 2.83. The number of nitrogens with one attached hydrogen (secondary N) is 2. The molecule has 1 amide bonds. The number of amides is 1. The Kier molecular flexibility index (Phi) is 6.99. The second kappa shape index (κ2) is 8.50. The molecule has 1 rings (SSSR count). The summed E-state index contributed by atoms with van der Waals surface area (Å²) in [6.45, 7) is 6.18. The number of ether oxygens (including phenoxy) is 2. The molecule has 0 fully saturated rings. The normalized spacial score (nSPS) is 12.4. The fourth-order valence-corrected chi connectivity index (χ4v) is 1.60. The second-order valence-electron chi connectivity index (χ2n) is 6.08. The summed E-state index contributed by atoms with van der Waals surface area (Å²) in [6, 6.07) is 6.16. The summed E-state index contributed by atoms with van der Waals surface area (Å²) in [5, 5.41) is 15.4. The molecule has 3 N–H and O–H groups in total. The maximum absolute atomic E-state index is 11.9. The van der Waals surface area contributed by atoms with Crippen LogP contribution < -0.4 is 10.6 Å². The van der Waals surface area contributed by atoms with Crippen LogP contribution in [-0.4, -0.2) is 49.1 Å². The van der Waals surface area contributed by atoms with Crippen LogP contribution in [0, 0.1) is 0 Å². The Hall–Kier alpha value is -2.12. The highest BCUT2D eigenvalue weighted by Crippen LogP contribution is 2.11. The quantitative estimate of drug-likeness (QED) is 0.690. The van der Waals surface area contributed by atoms with Crippen molar-refractivity contribution >= 4 is 17.7 Å². The molecule has 7 nitrogen and oxygen atoms in total. The van der Waals surface area contributed by atoms with E-state index in [2.05, 4.69) is 15.4 Å². The monoisotopic (exact) mass is 324 g/mol. The van der Waals surface area contributed by atoms with Crippen molar-refractivity contribution in [2.45, 2.75) is 32.4 Å². The maximum Gasteiger partial charge on any atom is 0.411 e. The van der Waals surface area contributed by atoms with E-state index in [0.717, 1.165) is 0 Å². The van der Waals surface area contributed by atoms with Gasteiger partial charge in [0.25, 0.3) is 0 Å². The smallest absolute Gasteiger partial charge is 0.411 e. The predicted octanol–water partition coefficient (Wildman–Crippen LogP) is 1.77. The maximum atomic E-state index is 11.9. The van der Waals surface area contributed by atoms with Crippen LogP contribution in [0.4, 0.5) is 10.5 Å². The summed E-state index contributed by atoms with van der Waals surface area (Å²) >= 11 is 0. The molecule has 0 bridgehead atoms. The van der Waals surface area contributed by atoms with Gasteiger partial charge in [0, 0.05) is 17.8 Å². The van der Waals surface area contributed by atoms with Crippen molar-refractivity contribution in [1.82, 2.24) is 5.32 Å². The molecule has 0 heterocycles. The number of hydrogen-bond donors (Lipinski definition) is 3. The molecule has 1 aromatic rings. The Labute approximate surface area is 136 Å². The topological polar surface area (TPSA) is 96.9 Å². The Morgan fingerprint density at radius 3 is 2.35 bits per heavy atom. The van der Waals surface area contributed by atoms with Gasteiger partial charge >= 0.3 is 12.1 Å². The largest absolute Gasteiger partial charge is 0.459 e. The summed E-state index contributed by atoms with van der Waals surface area (Å²) in [5.74, 6) is -0.538. The number of aliphatic hydroxyl groups excluding tert-OH is 1. The van der Waals surface area contributed by atoms with Crippen molar-refractivity contribution in [2.24, 2.45) is 0 Å². The van der Waals surface area contributed by atoms with Gasteiger partial charge in [-0.3, -0.25) is 5.32 Å². The lowest BCUT2D eigenvalue weighted by Gasteiger charge is -2.22. The van der Waals surface area contributed by atoms with Gasteiger partial charge in [-0.05, 0) is 45.0 Å². The molecular formula is C16H24N2O5. The molecular weight excluding hydrogens is 300 g/mol. The first-order valence-electron chi connectivity index (χ1n) is 7.26. The van der Waals surface area contributed by atoms with E-state index in [1.165, 1.54) is 19.2 Å². The Bertz CT molecular complexity index is 522. The molecule has 1 aromatic carbocycles. The summed E-state index contributed by atoms with van der Waals surface area (Å²) in [4.78, 5) is 22.9. The lowest BCUT2D eigenvalue weighted by atomic mass is 10.1. The molecule has 0 aliphatic rings. The highest BCUT2D eigenvalue weighted by Gasteiger charge is 2.14. The highest BCUT2D eigenvalue weighted by atomic mass is 16.5. The van der Waals surface area contributed by atoms with Crippen molar-refractivity contribution in [1.29, 1.82) is 0 Å². The summed E-state index contributed by atoms with van der Waals surface area (Å²) in [6.07, 6.45) is -1.37. The van der Waals surface area contributed by atoms with Gasteiger partial charge in [-0.2, -0.15) is 0 Å². The van der Waals surface area contributed by atoms with Crippen LogP contribution in [0.3, 0.4) is 0 Å². The van der Waals surface area contributed by atoms with Crippen molar-refractivity contribution in [3.63, 3.8) is 0 Å². The highest BCUT2D eigenvalue weighted by molar-refractivity contribution is 5.91. The second-order valence-corrected chi connectivity index (χ2v) is 6.08. The molecule has 1 unspecified atom stereocenters. The fourth-order valence-electron chi connectivity index (χ4n) is 1.60. The molecule has 0 saturated heterocycles. The zero-order chi connectivity index (χ0) is 17.5. The van der Waals surface area contributed by atoms with Gasteiger partial charge < -0.3 is 19.9 Å². The minimum Gasteiger partial charge on any atom is -0.459 e. The molecule has 0 aliphatic heterocycles. The van der Waals surface area contributed by atoms with Gasteiger partial charge in [0.1, 0.15) is 12.7 Å². The van der Waals surface area contributed by atoms with Crippen LogP contribution in [0.2, 0.25) is 0 Å². The van der Waals surface area contributed by atoms with E-state index in [1.54, 1.807) is 12.1 Å². The summed E-state index contributed by atoms with van der Waals surface area (Å²) in [7, 11) is 1.26. The Morgan fingerprint density at radius 2 is 1.83 bits per heavy atom. The summed E-state index contributed by atoms with van der Waals surface area (Å²) in [5.41, 5.74) is 0.715. The van der Waals surface area contributed by atoms with Crippen LogP contribution in [0.5, 0.6) is 0 Å².